The number of nitrogens with one attached hydrogen (secondary N) is 2. The molecular weight excluding hydrogens is 515 g/mol. The molecule has 2 aromatic heterocycles. The van der Waals surface area contributed by atoms with Crippen molar-refractivity contribution in [1.82, 2.24) is 15.3 Å². The Balaban J connectivity index is 1.42. The summed E-state index contributed by atoms with van der Waals surface area (Å²) in [5.74, 6) is -0.961. The van der Waals surface area contributed by atoms with E-state index in [-0.39, 0.29) is 26.4 Å². The molecule has 0 spiro atoms. The summed E-state index contributed by atoms with van der Waals surface area (Å²) in [6.45, 7) is 2.01. The number of hydrogen-bond acceptors (Lipinski definition) is 6. The molecular formula is C23H14Cl2N4O3S2. The van der Waals surface area contributed by atoms with Gasteiger partial charge in [-0.25, -0.2) is 4.98 Å². The van der Waals surface area contributed by atoms with Gasteiger partial charge in [-0.2, -0.15) is 0 Å². The van der Waals surface area contributed by atoms with Gasteiger partial charge in [0.1, 0.15) is 11.3 Å². The number of carbonyl (C=O) groups is 2. The number of rotatable bonds is 4. The zero-order chi connectivity index (χ0) is 24.0. The van der Waals surface area contributed by atoms with Gasteiger partial charge in [-0.05, 0) is 78.9 Å². The van der Waals surface area contributed by atoms with Crippen molar-refractivity contribution in [2.75, 3.05) is 4.90 Å². The predicted octanol–water partition coefficient (Wildman–Crippen LogP) is 5.75. The number of fused-ring (bicyclic) bond motifs is 1. The van der Waals surface area contributed by atoms with Crippen LogP contribution in [0.15, 0.2) is 68.8 Å². The molecule has 34 heavy (non-hydrogen) atoms. The van der Waals surface area contributed by atoms with Crippen LogP contribution >= 0.6 is 47.2 Å². The summed E-state index contributed by atoms with van der Waals surface area (Å²) in [4.78, 5) is 34.6. The third-order valence-corrected chi connectivity index (χ3v) is 6.88. The molecule has 3 heterocycles. The maximum atomic E-state index is 13.2. The molecule has 0 bridgehead atoms. The fourth-order valence-electron chi connectivity index (χ4n) is 3.39. The minimum absolute atomic E-state index is 0.0906. The Morgan fingerprint density at radius 1 is 1.15 bits per heavy atom. The zero-order valence-corrected chi connectivity index (χ0v) is 20.5. The van der Waals surface area contributed by atoms with Crippen molar-refractivity contribution in [2.45, 2.75) is 17.2 Å². The fourth-order valence-corrected chi connectivity index (χ4v) is 4.82. The Labute approximate surface area is 213 Å². The maximum absolute atomic E-state index is 13.2. The lowest BCUT2D eigenvalue weighted by molar-refractivity contribution is -0.122. The molecule has 11 heteroatoms. The zero-order valence-electron chi connectivity index (χ0n) is 17.4. The lowest BCUT2D eigenvalue weighted by atomic mass is 10.1. The van der Waals surface area contributed by atoms with Crippen LogP contribution in [0.5, 0.6) is 0 Å². The Bertz CT molecular complexity index is 1530. The Kier molecular flexibility index (Phi) is 5.95. The summed E-state index contributed by atoms with van der Waals surface area (Å²) >= 11 is 18.9. The van der Waals surface area contributed by atoms with Crippen molar-refractivity contribution >= 4 is 86.9 Å². The van der Waals surface area contributed by atoms with Crippen molar-refractivity contribution < 1.29 is 14.0 Å². The topological polar surface area (TPSA) is 91.2 Å². The number of H-pyrrole nitrogens is 1. The van der Waals surface area contributed by atoms with E-state index in [9.17, 15) is 9.59 Å². The van der Waals surface area contributed by atoms with Crippen LogP contribution in [0.3, 0.4) is 0 Å². The average molecular weight is 529 g/mol. The molecule has 2 aromatic carbocycles. The van der Waals surface area contributed by atoms with Gasteiger partial charge in [0.2, 0.25) is 0 Å². The number of thiocarbonyl (C=S) groups is 1. The number of benzene rings is 2. The number of imidazole rings is 1. The Morgan fingerprint density at radius 2 is 1.97 bits per heavy atom. The number of anilines is 1. The molecule has 1 fully saturated rings. The fraction of sp³-hybridized carbons (Fsp3) is 0.0435. The third-order valence-electron chi connectivity index (χ3n) is 4.98. The highest BCUT2D eigenvalue weighted by Crippen LogP contribution is 2.35. The molecule has 5 rings (SSSR count). The predicted molar refractivity (Wildman–Crippen MR) is 136 cm³/mol. The van der Waals surface area contributed by atoms with E-state index in [0.29, 0.717) is 16.0 Å². The summed E-state index contributed by atoms with van der Waals surface area (Å²) in [5.41, 5.74) is 3.02. The molecule has 1 aliphatic heterocycles. The monoisotopic (exact) mass is 528 g/mol. The number of nitrogens with zero attached hydrogens (tertiary/aromatic N) is 2. The lowest BCUT2D eigenvalue weighted by Crippen LogP contribution is -2.54. The summed E-state index contributed by atoms with van der Waals surface area (Å²) in [6, 6.07) is 14.2. The molecule has 170 valence electrons. The molecule has 4 aromatic rings. The normalized spacial score (nSPS) is 15.4. The highest BCUT2D eigenvalue weighted by Gasteiger charge is 2.36. The van der Waals surface area contributed by atoms with Gasteiger partial charge in [0.05, 0.1) is 26.8 Å². The number of halogens is 2. The van der Waals surface area contributed by atoms with Crippen LogP contribution in [-0.4, -0.2) is 26.9 Å². The van der Waals surface area contributed by atoms with E-state index >= 15 is 0 Å². The van der Waals surface area contributed by atoms with Crippen LogP contribution < -0.4 is 10.2 Å². The number of aromatic nitrogens is 2. The lowest BCUT2D eigenvalue weighted by Gasteiger charge is -2.29. The van der Waals surface area contributed by atoms with Gasteiger partial charge in [0.15, 0.2) is 15.4 Å². The third kappa shape index (κ3) is 4.23. The van der Waals surface area contributed by atoms with Crippen molar-refractivity contribution in [2.24, 2.45) is 0 Å². The highest BCUT2D eigenvalue weighted by atomic mass is 35.5. The minimum atomic E-state index is -0.642. The van der Waals surface area contributed by atoms with E-state index in [1.807, 2.05) is 25.1 Å². The summed E-state index contributed by atoms with van der Waals surface area (Å²) in [5, 5.41) is 4.02. The largest absolute Gasteiger partial charge is 0.450 e. The number of furan rings is 1. The number of aryl methyl sites for hydroxylation is 1. The number of aromatic amines is 1. The van der Waals surface area contributed by atoms with Crippen LogP contribution in [0.1, 0.15) is 11.3 Å². The second kappa shape index (κ2) is 8.92. The molecule has 1 aliphatic rings. The van der Waals surface area contributed by atoms with Gasteiger partial charge < -0.3 is 9.40 Å². The molecule has 2 amide bonds. The molecule has 7 nitrogen and oxygen atoms in total. The highest BCUT2D eigenvalue weighted by molar-refractivity contribution is 7.99. The first-order valence-corrected chi connectivity index (χ1v) is 11.9. The Morgan fingerprint density at radius 3 is 2.79 bits per heavy atom. The smallest absolute Gasteiger partial charge is 0.270 e. The van der Waals surface area contributed by atoms with Gasteiger partial charge in [-0.15, -0.1) is 0 Å². The van der Waals surface area contributed by atoms with E-state index in [1.165, 1.54) is 17.8 Å². The SMILES string of the molecule is Cc1ccc2nc(Sc3ccc(/C=C4\C(=O)NC(=S)N(c5cccc(Cl)c5Cl)C4=O)o3)[nH]c2c1. The first-order chi connectivity index (χ1) is 16.3. The van der Waals surface area contributed by atoms with Crippen LogP contribution in [0.2, 0.25) is 10.0 Å². The summed E-state index contributed by atoms with van der Waals surface area (Å²) in [6.07, 6.45) is 1.36. The standard InChI is InChI=1S/C23H14Cl2N4O3S2/c1-11-5-7-15-16(9-11)27-22(26-15)34-18-8-6-12(32-18)10-13-20(30)28-23(33)29(21(13)31)17-4-2-3-14(24)19(17)25/h2-10H,1H3,(H,26,27)(H,28,30,33)/b13-10+. The van der Waals surface area contributed by atoms with Gasteiger partial charge in [-0.1, -0.05) is 35.3 Å². The van der Waals surface area contributed by atoms with Gasteiger partial charge in [0.25, 0.3) is 11.8 Å². The van der Waals surface area contributed by atoms with E-state index in [2.05, 4.69) is 15.3 Å². The summed E-state index contributed by atoms with van der Waals surface area (Å²) in [7, 11) is 0. The molecule has 0 saturated carbocycles. The average Bonchev–Trinajstić information content (AvgIpc) is 3.39. The van der Waals surface area contributed by atoms with E-state index in [0.717, 1.165) is 21.5 Å². The van der Waals surface area contributed by atoms with Crippen molar-refractivity contribution in [3.8, 4) is 0 Å². The van der Waals surface area contributed by atoms with Crippen molar-refractivity contribution in [1.29, 1.82) is 0 Å². The quantitative estimate of drug-likeness (QED) is 0.199. The molecule has 0 aliphatic carbocycles. The number of carbonyl (C=O) groups excluding carboxylic acids is 2. The minimum Gasteiger partial charge on any atom is -0.450 e. The Hall–Kier alpha value is -3.11. The molecule has 1 saturated heterocycles. The molecule has 0 radical (unpaired) electrons. The first kappa shape index (κ1) is 22.7. The first-order valence-electron chi connectivity index (χ1n) is 9.89. The van der Waals surface area contributed by atoms with Gasteiger partial charge in [-0.3, -0.25) is 19.8 Å². The van der Waals surface area contributed by atoms with Crippen molar-refractivity contribution in [3.63, 3.8) is 0 Å². The molecule has 2 N–H and O–H groups in total. The van der Waals surface area contributed by atoms with Crippen LogP contribution in [0.25, 0.3) is 17.1 Å². The van der Waals surface area contributed by atoms with Gasteiger partial charge in [0, 0.05) is 0 Å². The van der Waals surface area contributed by atoms with Crippen LogP contribution in [0.4, 0.5) is 5.69 Å². The molecule has 0 unspecified atom stereocenters. The van der Waals surface area contributed by atoms with Crippen LogP contribution in [0, 0.1) is 6.92 Å². The second-order valence-electron chi connectivity index (χ2n) is 7.35. The number of amides is 2. The molecule has 0 atom stereocenters. The van der Waals surface area contributed by atoms with Crippen LogP contribution in [-0.2, 0) is 9.59 Å². The second-order valence-corrected chi connectivity index (χ2v) is 9.52. The van der Waals surface area contributed by atoms with E-state index < -0.39 is 11.8 Å². The summed E-state index contributed by atoms with van der Waals surface area (Å²) < 4.78 is 5.81. The van der Waals surface area contributed by atoms with Gasteiger partial charge >= 0.3 is 0 Å². The maximum Gasteiger partial charge on any atom is 0.270 e. The van der Waals surface area contributed by atoms with E-state index in [4.69, 9.17) is 39.8 Å². The number of hydrogen-bond donors (Lipinski definition) is 2. The van der Waals surface area contributed by atoms with Crippen molar-refractivity contribution in [3.05, 3.63) is 75.5 Å². The van der Waals surface area contributed by atoms with E-state index in [1.54, 1.807) is 30.3 Å².